The fourth-order valence-corrected chi connectivity index (χ4v) is 2.35. The van der Waals surface area contributed by atoms with Crippen LogP contribution in [0.3, 0.4) is 0 Å². The zero-order chi connectivity index (χ0) is 10.1. The van der Waals surface area contributed by atoms with E-state index in [9.17, 15) is 0 Å². The summed E-state index contributed by atoms with van der Waals surface area (Å²) < 4.78 is 2.50. The summed E-state index contributed by atoms with van der Waals surface area (Å²) in [6.07, 6.45) is 3.69. The van der Waals surface area contributed by atoms with E-state index in [1.165, 1.54) is 11.3 Å². The molecule has 2 heterocycles. The summed E-state index contributed by atoms with van der Waals surface area (Å²) in [5.74, 6) is 0. The van der Waals surface area contributed by atoms with Gasteiger partial charge in [0.25, 0.3) is 0 Å². The number of aryl methyl sites for hydroxylation is 1. The second kappa shape index (κ2) is 3.73. The van der Waals surface area contributed by atoms with E-state index in [1.807, 2.05) is 25.4 Å². The first kappa shape index (κ1) is 9.71. The molecule has 2 aromatic heterocycles. The minimum absolute atomic E-state index is 0.124. The first-order chi connectivity index (χ1) is 6.66. The van der Waals surface area contributed by atoms with Crippen molar-refractivity contribution in [2.24, 2.45) is 12.8 Å². The molecule has 0 radical (unpaired) electrons. The van der Waals surface area contributed by atoms with Gasteiger partial charge in [-0.1, -0.05) is 11.6 Å². The zero-order valence-corrected chi connectivity index (χ0v) is 9.22. The largest absolute Gasteiger partial charge is 0.320 e. The van der Waals surface area contributed by atoms with Crippen molar-refractivity contribution in [2.45, 2.75) is 6.04 Å². The molecule has 1 atom stereocenters. The van der Waals surface area contributed by atoms with E-state index in [1.54, 1.807) is 10.9 Å². The molecule has 5 heteroatoms. The second-order valence-corrected chi connectivity index (χ2v) is 4.81. The quantitative estimate of drug-likeness (QED) is 0.855. The van der Waals surface area contributed by atoms with Gasteiger partial charge in [0.1, 0.15) is 0 Å². The van der Waals surface area contributed by atoms with Crippen molar-refractivity contribution in [3.63, 3.8) is 0 Å². The summed E-state index contributed by atoms with van der Waals surface area (Å²) in [4.78, 5) is 1.06. The fourth-order valence-electron chi connectivity index (χ4n) is 1.26. The SMILES string of the molecule is Cn1cc(C(N)c2ccc(Cl)s2)cn1. The third-order valence-electron chi connectivity index (χ3n) is 1.98. The Bertz CT molecular complexity index is 394. The second-order valence-electron chi connectivity index (χ2n) is 3.07. The zero-order valence-electron chi connectivity index (χ0n) is 7.64. The number of nitrogens with two attached hydrogens (primary N) is 1. The van der Waals surface area contributed by atoms with Gasteiger partial charge >= 0.3 is 0 Å². The predicted molar refractivity (Wildman–Crippen MR) is 58.6 cm³/mol. The van der Waals surface area contributed by atoms with E-state index in [-0.39, 0.29) is 6.04 Å². The molecular formula is C9H10ClN3S. The van der Waals surface area contributed by atoms with Crippen molar-refractivity contribution in [2.75, 3.05) is 0 Å². The summed E-state index contributed by atoms with van der Waals surface area (Å²) in [7, 11) is 1.87. The Morgan fingerprint density at radius 3 is 2.86 bits per heavy atom. The van der Waals surface area contributed by atoms with Crippen molar-refractivity contribution in [1.29, 1.82) is 0 Å². The molecule has 2 N–H and O–H groups in total. The highest BCUT2D eigenvalue weighted by Crippen LogP contribution is 2.28. The summed E-state index contributed by atoms with van der Waals surface area (Å²) >= 11 is 7.34. The third kappa shape index (κ3) is 1.82. The van der Waals surface area contributed by atoms with Gasteiger partial charge < -0.3 is 5.73 Å². The Hall–Kier alpha value is -0.840. The normalized spacial score (nSPS) is 13.1. The molecule has 0 aliphatic rings. The average molecular weight is 228 g/mol. The van der Waals surface area contributed by atoms with Gasteiger partial charge in [-0.05, 0) is 12.1 Å². The van der Waals surface area contributed by atoms with Crippen LogP contribution in [0.2, 0.25) is 4.34 Å². The first-order valence-electron chi connectivity index (χ1n) is 4.16. The van der Waals surface area contributed by atoms with Gasteiger partial charge in [-0.2, -0.15) is 5.10 Å². The molecule has 0 bridgehead atoms. The van der Waals surface area contributed by atoms with Crippen LogP contribution in [0.15, 0.2) is 24.5 Å². The van der Waals surface area contributed by atoms with E-state index < -0.39 is 0 Å². The van der Waals surface area contributed by atoms with E-state index in [0.29, 0.717) is 0 Å². The van der Waals surface area contributed by atoms with E-state index in [4.69, 9.17) is 17.3 Å². The van der Waals surface area contributed by atoms with E-state index >= 15 is 0 Å². The Morgan fingerprint density at radius 1 is 1.57 bits per heavy atom. The molecule has 0 aliphatic heterocycles. The van der Waals surface area contributed by atoms with Gasteiger partial charge in [0.15, 0.2) is 0 Å². The lowest BCUT2D eigenvalue weighted by Gasteiger charge is -2.05. The van der Waals surface area contributed by atoms with Crippen LogP contribution in [-0.4, -0.2) is 9.78 Å². The Kier molecular flexibility index (Phi) is 2.58. The minimum Gasteiger partial charge on any atom is -0.320 e. The molecule has 0 fully saturated rings. The molecule has 0 saturated carbocycles. The number of thiophene rings is 1. The highest BCUT2D eigenvalue weighted by atomic mass is 35.5. The van der Waals surface area contributed by atoms with Crippen molar-refractivity contribution >= 4 is 22.9 Å². The molecule has 0 saturated heterocycles. The molecule has 1 unspecified atom stereocenters. The highest BCUT2D eigenvalue weighted by Gasteiger charge is 2.12. The lowest BCUT2D eigenvalue weighted by molar-refractivity contribution is 0.765. The molecule has 74 valence electrons. The number of hydrogen-bond acceptors (Lipinski definition) is 3. The number of rotatable bonds is 2. The van der Waals surface area contributed by atoms with Crippen molar-refractivity contribution in [1.82, 2.24) is 9.78 Å². The molecule has 0 spiro atoms. The van der Waals surface area contributed by atoms with Gasteiger partial charge in [-0.25, -0.2) is 0 Å². The molecule has 0 aliphatic carbocycles. The average Bonchev–Trinajstić information content (AvgIpc) is 2.73. The maximum absolute atomic E-state index is 6.04. The minimum atomic E-state index is -0.124. The number of halogens is 1. The lowest BCUT2D eigenvalue weighted by Crippen LogP contribution is -2.09. The first-order valence-corrected chi connectivity index (χ1v) is 5.35. The Balaban J connectivity index is 2.28. The van der Waals surface area contributed by atoms with Crippen molar-refractivity contribution in [3.8, 4) is 0 Å². The van der Waals surface area contributed by atoms with Crippen LogP contribution in [-0.2, 0) is 7.05 Å². The molecule has 0 aromatic carbocycles. The maximum atomic E-state index is 6.04. The third-order valence-corrected chi connectivity index (χ3v) is 3.30. The fraction of sp³-hybridized carbons (Fsp3) is 0.222. The number of nitrogens with zero attached hydrogens (tertiary/aromatic N) is 2. The van der Waals surface area contributed by atoms with Gasteiger partial charge in [0, 0.05) is 23.7 Å². The van der Waals surface area contributed by atoms with Crippen LogP contribution < -0.4 is 5.73 Å². The van der Waals surface area contributed by atoms with Crippen LogP contribution in [0.25, 0.3) is 0 Å². The van der Waals surface area contributed by atoms with Gasteiger partial charge in [0.2, 0.25) is 0 Å². The van der Waals surface area contributed by atoms with Crippen molar-refractivity contribution < 1.29 is 0 Å². The molecule has 2 aromatic rings. The van der Waals surface area contributed by atoms with Gasteiger partial charge in [0.05, 0.1) is 16.6 Å². The van der Waals surface area contributed by atoms with Gasteiger partial charge in [-0.15, -0.1) is 11.3 Å². The van der Waals surface area contributed by atoms with Crippen molar-refractivity contribution in [3.05, 3.63) is 39.3 Å². The van der Waals surface area contributed by atoms with Crippen LogP contribution in [0, 0.1) is 0 Å². The summed E-state index contributed by atoms with van der Waals surface area (Å²) in [5.41, 5.74) is 7.05. The van der Waals surface area contributed by atoms with Crippen LogP contribution >= 0.6 is 22.9 Å². The monoisotopic (exact) mass is 227 g/mol. The summed E-state index contributed by atoms with van der Waals surface area (Å²) in [6, 6.07) is 3.68. The summed E-state index contributed by atoms with van der Waals surface area (Å²) in [6.45, 7) is 0. The van der Waals surface area contributed by atoms with E-state index in [0.717, 1.165) is 14.8 Å². The standard InChI is InChI=1S/C9H10ClN3S/c1-13-5-6(4-12-13)9(11)7-2-3-8(10)14-7/h2-5,9H,11H2,1H3. The topological polar surface area (TPSA) is 43.8 Å². The molecule has 3 nitrogen and oxygen atoms in total. The molecule has 0 amide bonds. The van der Waals surface area contributed by atoms with Gasteiger partial charge in [-0.3, -0.25) is 4.68 Å². The number of aromatic nitrogens is 2. The van der Waals surface area contributed by atoms with Crippen LogP contribution in [0.5, 0.6) is 0 Å². The van der Waals surface area contributed by atoms with Crippen LogP contribution in [0.4, 0.5) is 0 Å². The molecule has 14 heavy (non-hydrogen) atoms. The predicted octanol–water partition coefficient (Wildman–Crippen LogP) is 2.18. The van der Waals surface area contributed by atoms with E-state index in [2.05, 4.69) is 5.10 Å². The number of hydrogen-bond donors (Lipinski definition) is 1. The smallest absolute Gasteiger partial charge is 0.0931 e. The highest BCUT2D eigenvalue weighted by molar-refractivity contribution is 7.16. The lowest BCUT2D eigenvalue weighted by atomic mass is 10.1. The molecular weight excluding hydrogens is 218 g/mol. The Labute approximate surface area is 91.1 Å². The summed E-state index contributed by atoms with van der Waals surface area (Å²) in [5, 5.41) is 4.08. The van der Waals surface area contributed by atoms with Crippen LogP contribution in [0.1, 0.15) is 16.5 Å². The molecule has 2 rings (SSSR count). The maximum Gasteiger partial charge on any atom is 0.0931 e. The Morgan fingerprint density at radius 2 is 2.36 bits per heavy atom.